The Morgan fingerprint density at radius 3 is 2.70 bits per heavy atom. The summed E-state index contributed by atoms with van der Waals surface area (Å²) >= 11 is 3.57. The summed E-state index contributed by atoms with van der Waals surface area (Å²) < 4.78 is 2.60. The molecule has 10 heteroatoms. The van der Waals surface area contributed by atoms with Gasteiger partial charge in [-0.15, -0.1) is 0 Å². The van der Waals surface area contributed by atoms with Crippen LogP contribution >= 0.6 is 15.9 Å². The Morgan fingerprint density at radius 1 is 1.10 bits per heavy atom. The van der Waals surface area contributed by atoms with Gasteiger partial charge in [-0.2, -0.15) is 19.6 Å². The van der Waals surface area contributed by atoms with Gasteiger partial charge >= 0.3 is 0 Å². The number of fused-ring (bicyclic) bond motifs is 3. The minimum absolute atomic E-state index is 0.522. The summed E-state index contributed by atoms with van der Waals surface area (Å²) in [6.45, 7) is 4.82. The Bertz CT molecular complexity index is 1180. The van der Waals surface area contributed by atoms with E-state index < -0.39 is 0 Å². The third-order valence-electron chi connectivity index (χ3n) is 6.12. The first-order chi connectivity index (χ1) is 14.6. The average molecular weight is 468 g/mol. The second-order valence-electron chi connectivity index (χ2n) is 8.28. The lowest BCUT2D eigenvalue weighted by atomic mass is 10.0. The van der Waals surface area contributed by atoms with Gasteiger partial charge < -0.3 is 20.1 Å². The van der Waals surface area contributed by atoms with Crippen molar-refractivity contribution in [2.24, 2.45) is 11.8 Å². The molecule has 6 rings (SSSR count). The molecular formula is C20H22BrN9. The summed E-state index contributed by atoms with van der Waals surface area (Å²) in [5.74, 6) is 3.66. The Morgan fingerprint density at radius 2 is 1.90 bits per heavy atom. The van der Waals surface area contributed by atoms with Gasteiger partial charge in [0.2, 0.25) is 11.9 Å². The summed E-state index contributed by atoms with van der Waals surface area (Å²) in [4.78, 5) is 22.4. The standard InChI is InChI=1S/C20H22BrN9/c1-28-8-12-10-29(11-13(12)9-28)20-26-18-14(21)6-23-30(18)19(27-20)22-7-17-24-15-4-2-3-5-16(15)25-17/h2-6,12-13H,7-11H2,1H3,(H,24,25)(H,22,26,27). The van der Waals surface area contributed by atoms with Crippen LogP contribution in [0.2, 0.25) is 0 Å². The van der Waals surface area contributed by atoms with Gasteiger partial charge in [0.15, 0.2) is 5.65 Å². The molecule has 2 aliphatic heterocycles. The summed E-state index contributed by atoms with van der Waals surface area (Å²) in [5.41, 5.74) is 2.75. The molecule has 3 aromatic heterocycles. The summed E-state index contributed by atoms with van der Waals surface area (Å²) in [6.07, 6.45) is 1.76. The van der Waals surface area contributed by atoms with Crippen molar-refractivity contribution in [1.29, 1.82) is 0 Å². The van der Waals surface area contributed by atoms with Gasteiger partial charge in [-0.3, -0.25) is 0 Å². The molecule has 0 amide bonds. The van der Waals surface area contributed by atoms with Crippen LogP contribution in [0.15, 0.2) is 34.9 Å². The number of H-pyrrole nitrogens is 1. The Hall–Kier alpha value is -2.72. The largest absolute Gasteiger partial charge is 0.347 e. The molecule has 30 heavy (non-hydrogen) atoms. The number of anilines is 2. The number of imidazole rings is 1. The lowest BCUT2D eigenvalue weighted by Crippen LogP contribution is -2.28. The van der Waals surface area contributed by atoms with E-state index in [0.717, 1.165) is 59.1 Å². The van der Waals surface area contributed by atoms with Gasteiger partial charge in [0.1, 0.15) is 5.82 Å². The molecule has 0 aliphatic carbocycles. The van der Waals surface area contributed by atoms with Gasteiger partial charge in [0, 0.05) is 26.2 Å². The monoisotopic (exact) mass is 467 g/mol. The number of aromatic nitrogens is 6. The van der Waals surface area contributed by atoms with Gasteiger partial charge in [-0.05, 0) is 46.9 Å². The molecule has 4 aromatic rings. The highest BCUT2D eigenvalue weighted by Gasteiger charge is 2.39. The van der Waals surface area contributed by atoms with Crippen LogP contribution in [0.5, 0.6) is 0 Å². The fraction of sp³-hybridized carbons (Fsp3) is 0.400. The van der Waals surface area contributed by atoms with Gasteiger partial charge in [0.25, 0.3) is 0 Å². The zero-order valence-electron chi connectivity index (χ0n) is 16.6. The van der Waals surface area contributed by atoms with Crippen LogP contribution in [-0.4, -0.2) is 67.7 Å². The Balaban J connectivity index is 1.30. The molecule has 0 saturated carbocycles. The highest BCUT2D eigenvalue weighted by Crippen LogP contribution is 2.33. The minimum atomic E-state index is 0.522. The van der Waals surface area contributed by atoms with E-state index in [1.807, 2.05) is 24.3 Å². The Kier molecular flexibility index (Phi) is 4.17. The highest BCUT2D eigenvalue weighted by molar-refractivity contribution is 9.10. The molecule has 2 N–H and O–H groups in total. The minimum Gasteiger partial charge on any atom is -0.347 e. The molecule has 2 aliphatic rings. The zero-order chi connectivity index (χ0) is 20.2. The van der Waals surface area contributed by atoms with Gasteiger partial charge in [-0.25, -0.2) is 4.98 Å². The number of para-hydroxylation sites is 2. The number of nitrogens with zero attached hydrogens (tertiary/aromatic N) is 7. The predicted molar refractivity (Wildman–Crippen MR) is 119 cm³/mol. The molecule has 1 aromatic carbocycles. The fourth-order valence-corrected chi connectivity index (χ4v) is 5.09. The summed E-state index contributed by atoms with van der Waals surface area (Å²) in [7, 11) is 2.20. The van der Waals surface area contributed by atoms with E-state index in [2.05, 4.69) is 53.2 Å². The maximum absolute atomic E-state index is 4.84. The molecule has 2 atom stereocenters. The van der Waals surface area contributed by atoms with Crippen molar-refractivity contribution in [3.05, 3.63) is 40.8 Å². The first-order valence-electron chi connectivity index (χ1n) is 10.2. The van der Waals surface area contributed by atoms with Crippen LogP contribution in [0.4, 0.5) is 11.9 Å². The first kappa shape index (κ1) is 18.1. The number of likely N-dealkylation sites (tertiary alicyclic amines) is 1. The predicted octanol–water partition coefficient (Wildman–Crippen LogP) is 2.37. The third kappa shape index (κ3) is 3.02. The number of hydrogen-bond donors (Lipinski definition) is 2. The molecule has 2 fully saturated rings. The van der Waals surface area contributed by atoms with Gasteiger partial charge in [-0.1, -0.05) is 12.1 Å². The summed E-state index contributed by atoms with van der Waals surface area (Å²) in [5, 5.41) is 7.83. The van der Waals surface area contributed by atoms with E-state index in [9.17, 15) is 0 Å². The van der Waals surface area contributed by atoms with E-state index in [1.54, 1.807) is 10.7 Å². The van der Waals surface area contributed by atoms with Crippen LogP contribution in [0.1, 0.15) is 5.82 Å². The molecule has 0 bridgehead atoms. The third-order valence-corrected chi connectivity index (χ3v) is 6.68. The van der Waals surface area contributed by atoms with Crippen LogP contribution in [-0.2, 0) is 6.54 Å². The fourth-order valence-electron chi connectivity index (χ4n) is 4.74. The number of halogens is 1. The lowest BCUT2D eigenvalue weighted by Gasteiger charge is -2.20. The number of benzene rings is 1. The summed E-state index contributed by atoms with van der Waals surface area (Å²) in [6, 6.07) is 8.02. The SMILES string of the molecule is CN1CC2CN(c3nc(NCc4nc5ccccc5[nH]4)n4ncc(Br)c4n3)CC2C1. The van der Waals surface area contributed by atoms with Crippen LogP contribution < -0.4 is 10.2 Å². The molecule has 5 heterocycles. The molecule has 2 saturated heterocycles. The van der Waals surface area contributed by atoms with Crippen molar-refractivity contribution in [3.8, 4) is 0 Å². The first-order valence-corrected chi connectivity index (χ1v) is 11.0. The van der Waals surface area contributed by atoms with E-state index >= 15 is 0 Å². The molecule has 0 radical (unpaired) electrons. The van der Waals surface area contributed by atoms with E-state index in [-0.39, 0.29) is 0 Å². The van der Waals surface area contributed by atoms with E-state index in [0.29, 0.717) is 24.3 Å². The maximum atomic E-state index is 4.84. The smallest absolute Gasteiger partial charge is 0.230 e. The normalized spacial score (nSPS) is 21.7. The van der Waals surface area contributed by atoms with E-state index in [4.69, 9.17) is 9.97 Å². The van der Waals surface area contributed by atoms with Gasteiger partial charge in [0.05, 0.1) is 28.2 Å². The molecule has 2 unspecified atom stereocenters. The maximum Gasteiger partial charge on any atom is 0.230 e. The number of aromatic amines is 1. The van der Waals surface area contributed by atoms with Crippen molar-refractivity contribution in [1.82, 2.24) is 34.4 Å². The lowest BCUT2D eigenvalue weighted by molar-refractivity contribution is 0.386. The molecule has 9 nitrogen and oxygen atoms in total. The van der Waals surface area contributed by atoms with E-state index in [1.165, 1.54) is 0 Å². The number of hydrogen-bond acceptors (Lipinski definition) is 7. The molecular weight excluding hydrogens is 446 g/mol. The zero-order valence-corrected chi connectivity index (χ0v) is 18.2. The second kappa shape index (κ2) is 6.92. The average Bonchev–Trinajstić information content (AvgIpc) is 3.48. The van der Waals surface area contributed by atoms with Crippen LogP contribution in [0.25, 0.3) is 16.7 Å². The van der Waals surface area contributed by atoms with Crippen LogP contribution in [0, 0.1) is 11.8 Å². The Labute approximate surface area is 181 Å². The number of nitrogens with one attached hydrogen (secondary N) is 2. The van der Waals surface area contributed by atoms with Crippen molar-refractivity contribution in [2.45, 2.75) is 6.54 Å². The van der Waals surface area contributed by atoms with Crippen molar-refractivity contribution >= 4 is 44.5 Å². The highest BCUT2D eigenvalue weighted by atomic mass is 79.9. The van der Waals surface area contributed by atoms with Crippen LogP contribution in [0.3, 0.4) is 0 Å². The van der Waals surface area contributed by atoms with Crippen molar-refractivity contribution in [2.75, 3.05) is 43.4 Å². The van der Waals surface area contributed by atoms with Crippen molar-refractivity contribution in [3.63, 3.8) is 0 Å². The second-order valence-corrected chi connectivity index (χ2v) is 9.13. The van der Waals surface area contributed by atoms with Crippen molar-refractivity contribution < 1.29 is 0 Å². The molecule has 154 valence electrons. The molecule has 0 spiro atoms. The topological polar surface area (TPSA) is 90.3 Å². The number of rotatable bonds is 4. The quantitative estimate of drug-likeness (QED) is 0.475.